The minimum absolute atomic E-state index is 0.223. The molecule has 0 aliphatic rings. The van der Waals surface area contributed by atoms with Gasteiger partial charge in [-0.25, -0.2) is 4.52 Å². The van der Waals surface area contributed by atoms with Gasteiger partial charge in [0.2, 0.25) is 4.96 Å². The molecule has 1 N–H and O–H groups in total. The molecule has 8 heteroatoms. The lowest BCUT2D eigenvalue weighted by atomic mass is 10.1. The highest BCUT2D eigenvalue weighted by Gasteiger charge is 2.16. The number of anilines is 1. The second-order valence-electron chi connectivity index (χ2n) is 5.70. The monoisotopic (exact) mass is 402 g/mol. The van der Waals surface area contributed by atoms with E-state index in [1.165, 1.54) is 23.0 Å². The van der Waals surface area contributed by atoms with E-state index in [1.807, 2.05) is 36.6 Å². The second kappa shape index (κ2) is 6.72. The molecule has 0 saturated carbocycles. The molecule has 0 atom stereocenters. The van der Waals surface area contributed by atoms with Crippen molar-refractivity contribution in [1.29, 1.82) is 0 Å². The van der Waals surface area contributed by atoms with Crippen LogP contribution in [0.5, 0.6) is 0 Å². The third kappa shape index (κ3) is 3.19. The van der Waals surface area contributed by atoms with E-state index in [0.717, 1.165) is 11.3 Å². The molecule has 130 valence electrons. The molecule has 2 aromatic heterocycles. The second-order valence-corrected chi connectivity index (χ2v) is 7.38. The van der Waals surface area contributed by atoms with Crippen LogP contribution in [0, 0.1) is 6.92 Å². The van der Waals surface area contributed by atoms with Gasteiger partial charge < -0.3 is 0 Å². The maximum Gasteiger partial charge on any atom is 0.259 e. The molecule has 4 aromatic rings. The van der Waals surface area contributed by atoms with Gasteiger partial charge >= 0.3 is 0 Å². The minimum atomic E-state index is -0.387. The predicted octanol–water partition coefficient (Wildman–Crippen LogP) is 5.33. The van der Waals surface area contributed by atoms with E-state index in [1.54, 1.807) is 16.6 Å². The number of nitrogens with one attached hydrogen (secondary N) is 1. The normalized spacial score (nSPS) is 11.0. The van der Waals surface area contributed by atoms with Gasteiger partial charge in [-0.2, -0.15) is 4.98 Å². The number of benzene rings is 2. The molecule has 2 aromatic carbocycles. The highest BCUT2D eigenvalue weighted by atomic mass is 35.5. The summed E-state index contributed by atoms with van der Waals surface area (Å²) in [7, 11) is 0. The highest BCUT2D eigenvalue weighted by molar-refractivity contribution is 7.15. The zero-order chi connectivity index (χ0) is 18.3. The predicted molar refractivity (Wildman–Crippen MR) is 105 cm³/mol. The first kappa shape index (κ1) is 17.0. The van der Waals surface area contributed by atoms with Gasteiger partial charge in [-0.1, -0.05) is 53.0 Å². The standard InChI is InChI=1S/C18H12Cl2N4OS/c1-10-2-4-11(5-3-10)15-9-26-18-22-17(23-24(15)18)21-16(25)13-7-6-12(19)8-14(13)20/h2-9H,1H3,(H,21,23,25). The summed E-state index contributed by atoms with van der Waals surface area (Å²) >= 11 is 13.4. The molecule has 0 unspecified atom stereocenters. The quantitative estimate of drug-likeness (QED) is 0.503. The molecule has 0 radical (unpaired) electrons. The molecule has 2 heterocycles. The van der Waals surface area contributed by atoms with Crippen LogP contribution in [0.4, 0.5) is 5.95 Å². The third-order valence-electron chi connectivity index (χ3n) is 3.83. The number of carbonyl (C=O) groups excluding carboxylic acids is 1. The van der Waals surface area contributed by atoms with Crippen molar-refractivity contribution in [2.24, 2.45) is 0 Å². The van der Waals surface area contributed by atoms with Crippen LogP contribution in [0.3, 0.4) is 0 Å². The lowest BCUT2D eigenvalue weighted by Crippen LogP contribution is -2.13. The number of amides is 1. The fourth-order valence-corrected chi connectivity index (χ4v) is 3.83. The Morgan fingerprint density at radius 1 is 1.15 bits per heavy atom. The first-order valence-corrected chi connectivity index (χ1v) is 9.32. The van der Waals surface area contributed by atoms with E-state index < -0.39 is 0 Å². The lowest BCUT2D eigenvalue weighted by molar-refractivity contribution is 0.102. The van der Waals surface area contributed by atoms with E-state index >= 15 is 0 Å². The summed E-state index contributed by atoms with van der Waals surface area (Å²) in [5.74, 6) is -0.164. The van der Waals surface area contributed by atoms with Gasteiger partial charge in [-0.3, -0.25) is 10.1 Å². The lowest BCUT2D eigenvalue weighted by Gasteiger charge is -2.03. The molecule has 0 aliphatic carbocycles. The molecule has 0 fully saturated rings. The van der Waals surface area contributed by atoms with Crippen molar-refractivity contribution in [1.82, 2.24) is 14.6 Å². The molecule has 26 heavy (non-hydrogen) atoms. The summed E-state index contributed by atoms with van der Waals surface area (Å²) in [6, 6.07) is 12.8. The van der Waals surface area contributed by atoms with Crippen molar-refractivity contribution in [3.63, 3.8) is 0 Å². The van der Waals surface area contributed by atoms with Crippen molar-refractivity contribution in [2.75, 3.05) is 5.32 Å². The van der Waals surface area contributed by atoms with E-state index in [4.69, 9.17) is 23.2 Å². The number of thiazole rings is 1. The zero-order valence-electron chi connectivity index (χ0n) is 13.5. The third-order valence-corrected chi connectivity index (χ3v) is 5.19. The van der Waals surface area contributed by atoms with Gasteiger partial charge in [0.05, 0.1) is 16.3 Å². The van der Waals surface area contributed by atoms with Gasteiger partial charge in [0.15, 0.2) is 0 Å². The van der Waals surface area contributed by atoms with Crippen molar-refractivity contribution in [3.8, 4) is 11.3 Å². The van der Waals surface area contributed by atoms with Gasteiger partial charge in [0.1, 0.15) is 0 Å². The maximum atomic E-state index is 12.4. The van der Waals surface area contributed by atoms with Crippen LogP contribution in [-0.2, 0) is 0 Å². The van der Waals surface area contributed by atoms with Crippen molar-refractivity contribution in [2.45, 2.75) is 6.92 Å². The van der Waals surface area contributed by atoms with Crippen LogP contribution in [0.2, 0.25) is 10.0 Å². The molecule has 0 bridgehead atoms. The summed E-state index contributed by atoms with van der Waals surface area (Å²) in [6.45, 7) is 2.04. The number of hydrogen-bond acceptors (Lipinski definition) is 4. The number of carbonyl (C=O) groups is 1. The Labute approximate surface area is 163 Å². The summed E-state index contributed by atoms with van der Waals surface area (Å²) in [5, 5.41) is 9.81. The number of nitrogens with zero attached hydrogens (tertiary/aromatic N) is 3. The van der Waals surface area contributed by atoms with Crippen molar-refractivity contribution < 1.29 is 4.79 Å². The molecule has 1 amide bonds. The molecule has 0 saturated heterocycles. The van der Waals surface area contributed by atoms with E-state index in [2.05, 4.69) is 15.4 Å². The first-order valence-electron chi connectivity index (χ1n) is 7.69. The Kier molecular flexibility index (Phi) is 4.40. The van der Waals surface area contributed by atoms with Crippen LogP contribution >= 0.6 is 34.5 Å². The summed E-state index contributed by atoms with van der Waals surface area (Å²) in [5.41, 5.74) is 3.45. The van der Waals surface area contributed by atoms with Crippen molar-refractivity contribution in [3.05, 3.63) is 69.0 Å². The van der Waals surface area contributed by atoms with Gasteiger partial charge in [0, 0.05) is 16.0 Å². The number of aryl methyl sites for hydroxylation is 1. The van der Waals surface area contributed by atoms with Crippen LogP contribution in [0.1, 0.15) is 15.9 Å². The summed E-state index contributed by atoms with van der Waals surface area (Å²) in [4.78, 5) is 17.5. The van der Waals surface area contributed by atoms with E-state index in [-0.39, 0.29) is 16.9 Å². The number of fused-ring (bicyclic) bond motifs is 1. The first-order chi connectivity index (χ1) is 12.5. The average Bonchev–Trinajstić information content (AvgIpc) is 3.15. The Morgan fingerprint density at radius 2 is 1.92 bits per heavy atom. The summed E-state index contributed by atoms with van der Waals surface area (Å²) in [6.07, 6.45) is 0. The SMILES string of the molecule is Cc1ccc(-c2csc3nc(NC(=O)c4ccc(Cl)cc4Cl)nn23)cc1. The van der Waals surface area contributed by atoms with Crippen LogP contribution in [0.15, 0.2) is 47.8 Å². The average molecular weight is 403 g/mol. The molecular weight excluding hydrogens is 391 g/mol. The molecule has 5 nitrogen and oxygen atoms in total. The number of hydrogen-bond donors (Lipinski definition) is 1. The fourth-order valence-electron chi connectivity index (χ4n) is 2.50. The Balaban J connectivity index is 1.64. The fraction of sp³-hybridized carbons (Fsp3) is 0.0556. The highest BCUT2D eigenvalue weighted by Crippen LogP contribution is 2.27. The van der Waals surface area contributed by atoms with E-state index in [9.17, 15) is 4.79 Å². The van der Waals surface area contributed by atoms with Crippen LogP contribution in [0.25, 0.3) is 16.2 Å². The molecular formula is C18H12Cl2N4OS. The minimum Gasteiger partial charge on any atom is -0.289 e. The molecule has 0 aliphatic heterocycles. The smallest absolute Gasteiger partial charge is 0.259 e. The topological polar surface area (TPSA) is 59.3 Å². The maximum absolute atomic E-state index is 12.4. The molecule has 4 rings (SSSR count). The van der Waals surface area contributed by atoms with Crippen molar-refractivity contribution >= 4 is 51.4 Å². The Bertz CT molecular complexity index is 1120. The molecule has 0 spiro atoms. The van der Waals surface area contributed by atoms with E-state index in [0.29, 0.717) is 15.5 Å². The Morgan fingerprint density at radius 3 is 2.65 bits per heavy atom. The number of halogens is 2. The van der Waals surface area contributed by atoms with Gasteiger partial charge in [-0.15, -0.1) is 16.4 Å². The largest absolute Gasteiger partial charge is 0.289 e. The van der Waals surface area contributed by atoms with Gasteiger partial charge in [0.25, 0.3) is 11.9 Å². The summed E-state index contributed by atoms with van der Waals surface area (Å²) < 4.78 is 1.72. The van der Waals surface area contributed by atoms with Crippen LogP contribution < -0.4 is 5.32 Å². The number of rotatable bonds is 3. The van der Waals surface area contributed by atoms with Gasteiger partial charge in [-0.05, 0) is 25.1 Å². The van der Waals surface area contributed by atoms with Crippen LogP contribution in [-0.4, -0.2) is 20.5 Å². The number of aromatic nitrogens is 3. The zero-order valence-corrected chi connectivity index (χ0v) is 15.9. The Hall–Kier alpha value is -2.41.